The highest BCUT2D eigenvalue weighted by Crippen LogP contribution is 2.27. The second-order valence-electron chi connectivity index (χ2n) is 2.81. The molecule has 0 saturated carbocycles. The van der Waals surface area contributed by atoms with E-state index in [1.54, 1.807) is 7.05 Å². The molecule has 0 spiro atoms. The minimum Gasteiger partial charge on any atom is -0.382 e. The number of anilines is 4. The minimum atomic E-state index is 0.174. The zero-order valence-electron chi connectivity index (χ0n) is 8.00. The van der Waals surface area contributed by atoms with Crippen LogP contribution < -0.4 is 21.7 Å². The van der Waals surface area contributed by atoms with E-state index in [4.69, 9.17) is 11.5 Å². The van der Waals surface area contributed by atoms with Gasteiger partial charge in [-0.05, 0) is 0 Å². The molecule has 6 heteroatoms. The van der Waals surface area contributed by atoms with Crippen molar-refractivity contribution < 1.29 is 0 Å². The van der Waals surface area contributed by atoms with Crippen LogP contribution >= 0.6 is 0 Å². The number of nitrogens with one attached hydrogen (secondary N) is 1. The highest BCUT2D eigenvalue weighted by molar-refractivity contribution is 5.77. The zero-order valence-corrected chi connectivity index (χ0v) is 8.00. The summed E-state index contributed by atoms with van der Waals surface area (Å²) >= 11 is 0. The average molecular weight is 182 g/mol. The summed E-state index contributed by atoms with van der Waals surface area (Å²) in [5, 5.41) is 2.91. The van der Waals surface area contributed by atoms with Gasteiger partial charge in [-0.15, -0.1) is 0 Å². The van der Waals surface area contributed by atoms with Gasteiger partial charge in [-0.2, -0.15) is 9.97 Å². The lowest BCUT2D eigenvalue weighted by molar-refractivity contribution is 1.08. The van der Waals surface area contributed by atoms with Crippen molar-refractivity contribution in [2.75, 3.05) is 42.8 Å². The Morgan fingerprint density at radius 3 is 2.31 bits per heavy atom. The van der Waals surface area contributed by atoms with Crippen molar-refractivity contribution >= 4 is 23.3 Å². The van der Waals surface area contributed by atoms with Gasteiger partial charge < -0.3 is 21.7 Å². The molecular formula is C7H14N6. The molecule has 5 N–H and O–H groups in total. The molecule has 0 fully saturated rings. The number of nitrogen functional groups attached to an aromatic ring is 2. The van der Waals surface area contributed by atoms with Crippen LogP contribution in [0.25, 0.3) is 0 Å². The van der Waals surface area contributed by atoms with E-state index in [0.29, 0.717) is 11.6 Å². The van der Waals surface area contributed by atoms with Crippen LogP contribution in [0.15, 0.2) is 0 Å². The van der Waals surface area contributed by atoms with Gasteiger partial charge in [0.2, 0.25) is 5.95 Å². The van der Waals surface area contributed by atoms with E-state index in [1.807, 2.05) is 19.0 Å². The van der Waals surface area contributed by atoms with Crippen molar-refractivity contribution in [1.29, 1.82) is 0 Å². The molecule has 0 saturated heterocycles. The summed E-state index contributed by atoms with van der Waals surface area (Å²) in [5.41, 5.74) is 11.9. The summed E-state index contributed by atoms with van der Waals surface area (Å²) in [6.07, 6.45) is 0. The first-order valence-corrected chi connectivity index (χ1v) is 3.84. The van der Waals surface area contributed by atoms with Crippen LogP contribution in [0.2, 0.25) is 0 Å². The van der Waals surface area contributed by atoms with Gasteiger partial charge in [0.05, 0.1) is 0 Å². The fourth-order valence-corrected chi connectivity index (χ4v) is 1.11. The van der Waals surface area contributed by atoms with Gasteiger partial charge in [-0.25, -0.2) is 0 Å². The van der Waals surface area contributed by atoms with Crippen LogP contribution in [0, 0.1) is 0 Å². The van der Waals surface area contributed by atoms with E-state index < -0.39 is 0 Å². The Kier molecular flexibility index (Phi) is 2.41. The predicted octanol–water partition coefficient (Wildman–Crippen LogP) is -0.251. The van der Waals surface area contributed by atoms with Gasteiger partial charge in [-0.1, -0.05) is 0 Å². The minimum absolute atomic E-state index is 0.174. The standard InChI is InChI=1S/C7H14N6/c1-10-6-4(13(2)3)5(8)11-7(9)12-6/h1-3H3,(H5,8,9,10,11,12). The zero-order chi connectivity index (χ0) is 10.0. The Morgan fingerprint density at radius 1 is 1.23 bits per heavy atom. The maximum Gasteiger partial charge on any atom is 0.224 e. The fourth-order valence-electron chi connectivity index (χ4n) is 1.11. The Bertz CT molecular complexity index is 308. The maximum absolute atomic E-state index is 5.69. The molecule has 0 bridgehead atoms. The van der Waals surface area contributed by atoms with E-state index >= 15 is 0 Å². The molecule has 1 aromatic rings. The monoisotopic (exact) mass is 182 g/mol. The molecule has 0 aromatic carbocycles. The first-order valence-electron chi connectivity index (χ1n) is 3.84. The molecule has 0 radical (unpaired) electrons. The summed E-state index contributed by atoms with van der Waals surface area (Å²) in [6.45, 7) is 0. The predicted molar refractivity (Wildman–Crippen MR) is 54.7 cm³/mol. The van der Waals surface area contributed by atoms with Crippen molar-refractivity contribution in [1.82, 2.24) is 9.97 Å². The Morgan fingerprint density at radius 2 is 1.85 bits per heavy atom. The van der Waals surface area contributed by atoms with Gasteiger partial charge >= 0.3 is 0 Å². The lowest BCUT2D eigenvalue weighted by Gasteiger charge is -2.17. The van der Waals surface area contributed by atoms with Crippen molar-refractivity contribution in [2.24, 2.45) is 0 Å². The van der Waals surface area contributed by atoms with Gasteiger partial charge in [0.15, 0.2) is 11.6 Å². The molecule has 13 heavy (non-hydrogen) atoms. The van der Waals surface area contributed by atoms with E-state index in [2.05, 4.69) is 15.3 Å². The molecule has 0 aliphatic carbocycles. The van der Waals surface area contributed by atoms with Crippen LogP contribution in [0.3, 0.4) is 0 Å². The Balaban J connectivity index is 3.30. The molecule has 0 atom stereocenters. The van der Waals surface area contributed by atoms with Crippen molar-refractivity contribution in [3.05, 3.63) is 0 Å². The topological polar surface area (TPSA) is 93.1 Å². The van der Waals surface area contributed by atoms with E-state index in [9.17, 15) is 0 Å². The second kappa shape index (κ2) is 3.34. The molecule has 1 aromatic heterocycles. The van der Waals surface area contributed by atoms with Crippen LogP contribution in [0.1, 0.15) is 0 Å². The molecule has 0 unspecified atom stereocenters. The fraction of sp³-hybridized carbons (Fsp3) is 0.429. The third kappa shape index (κ3) is 1.71. The number of hydrogen-bond acceptors (Lipinski definition) is 6. The first kappa shape index (κ1) is 9.37. The van der Waals surface area contributed by atoms with Gasteiger partial charge in [0.1, 0.15) is 5.69 Å². The quantitative estimate of drug-likeness (QED) is 0.584. The summed E-state index contributed by atoms with van der Waals surface area (Å²) in [6, 6.07) is 0. The Labute approximate surface area is 77.0 Å². The number of aromatic nitrogens is 2. The van der Waals surface area contributed by atoms with Gasteiger partial charge in [-0.3, -0.25) is 0 Å². The molecule has 1 heterocycles. The number of nitrogens with zero attached hydrogens (tertiary/aromatic N) is 3. The summed E-state index contributed by atoms with van der Waals surface area (Å²) in [5.74, 6) is 1.18. The molecule has 72 valence electrons. The SMILES string of the molecule is CNc1nc(N)nc(N)c1N(C)C. The molecule has 0 aliphatic heterocycles. The lowest BCUT2D eigenvalue weighted by Crippen LogP contribution is -2.16. The second-order valence-corrected chi connectivity index (χ2v) is 2.81. The average Bonchev–Trinajstić information content (AvgIpc) is 2.01. The van der Waals surface area contributed by atoms with Gasteiger partial charge in [0.25, 0.3) is 0 Å². The smallest absolute Gasteiger partial charge is 0.224 e. The van der Waals surface area contributed by atoms with Crippen molar-refractivity contribution in [3.8, 4) is 0 Å². The highest BCUT2D eigenvalue weighted by atomic mass is 15.2. The lowest BCUT2D eigenvalue weighted by atomic mass is 10.4. The van der Waals surface area contributed by atoms with Crippen LogP contribution in [-0.4, -0.2) is 31.1 Å². The van der Waals surface area contributed by atoms with Crippen LogP contribution in [0.4, 0.5) is 23.3 Å². The molecule has 0 aliphatic rings. The molecule has 0 amide bonds. The van der Waals surface area contributed by atoms with E-state index in [1.165, 1.54) is 0 Å². The highest BCUT2D eigenvalue weighted by Gasteiger charge is 2.11. The van der Waals surface area contributed by atoms with Crippen LogP contribution in [0.5, 0.6) is 0 Å². The summed E-state index contributed by atoms with van der Waals surface area (Å²) in [7, 11) is 5.49. The van der Waals surface area contributed by atoms with E-state index in [0.717, 1.165) is 5.69 Å². The Hall–Kier alpha value is -1.72. The third-order valence-electron chi connectivity index (χ3n) is 1.61. The molecule has 6 nitrogen and oxygen atoms in total. The third-order valence-corrected chi connectivity index (χ3v) is 1.61. The first-order chi connectivity index (χ1) is 6.06. The largest absolute Gasteiger partial charge is 0.382 e. The summed E-state index contributed by atoms with van der Waals surface area (Å²) in [4.78, 5) is 9.71. The number of hydrogen-bond donors (Lipinski definition) is 3. The number of rotatable bonds is 2. The van der Waals surface area contributed by atoms with E-state index in [-0.39, 0.29) is 5.95 Å². The van der Waals surface area contributed by atoms with Crippen molar-refractivity contribution in [2.45, 2.75) is 0 Å². The summed E-state index contributed by atoms with van der Waals surface area (Å²) < 4.78 is 0. The maximum atomic E-state index is 5.69. The molecular weight excluding hydrogens is 168 g/mol. The normalized spacial score (nSPS) is 9.77. The van der Waals surface area contributed by atoms with Crippen molar-refractivity contribution in [3.63, 3.8) is 0 Å². The number of nitrogens with two attached hydrogens (primary N) is 2. The van der Waals surface area contributed by atoms with Crippen LogP contribution in [-0.2, 0) is 0 Å². The molecule has 1 rings (SSSR count). The van der Waals surface area contributed by atoms with Gasteiger partial charge in [0, 0.05) is 21.1 Å².